The second kappa shape index (κ2) is 3.13. The molecule has 0 heterocycles. The van der Waals surface area contributed by atoms with E-state index in [4.69, 9.17) is 4.78 Å². The molecule has 1 rings (SSSR count). The average molecular weight is 175 g/mol. The number of nitrogens with one attached hydrogen (secondary N) is 1. The molecule has 1 aliphatic carbocycles. The molecule has 0 saturated heterocycles. The van der Waals surface area contributed by atoms with Crippen LogP contribution in [0.4, 0.5) is 0 Å². The Morgan fingerprint density at radius 3 is 2.55 bits per heavy atom. The Morgan fingerprint density at radius 1 is 1.64 bits per heavy atom. The third-order valence-corrected chi connectivity index (χ3v) is 4.90. The van der Waals surface area contributed by atoms with Gasteiger partial charge >= 0.3 is 0 Å². The predicted molar refractivity (Wildman–Crippen MR) is 48.2 cm³/mol. The summed E-state index contributed by atoms with van der Waals surface area (Å²) in [6.45, 7) is 4.17. The molecule has 0 unspecified atom stereocenters. The molecule has 2 atom stereocenters. The Kier molecular flexibility index (Phi) is 2.58. The molecule has 0 radical (unpaired) electrons. The van der Waals surface area contributed by atoms with E-state index in [0.29, 0.717) is 11.7 Å². The summed E-state index contributed by atoms with van der Waals surface area (Å²) in [5, 5.41) is 0.247. The van der Waals surface area contributed by atoms with Gasteiger partial charge in [0.2, 0.25) is 0 Å². The smallest absolute Gasteiger partial charge is 0.0473 e. The zero-order valence-corrected chi connectivity index (χ0v) is 8.12. The van der Waals surface area contributed by atoms with Gasteiger partial charge in [0.05, 0.1) is 0 Å². The lowest BCUT2D eigenvalue weighted by Gasteiger charge is -2.10. The average Bonchev–Trinajstić information content (AvgIpc) is 2.66. The van der Waals surface area contributed by atoms with E-state index in [1.54, 1.807) is 0 Å². The van der Waals surface area contributed by atoms with Crippen LogP contribution in [0.1, 0.15) is 33.1 Å². The van der Waals surface area contributed by atoms with E-state index in [0.717, 1.165) is 19.3 Å². The van der Waals surface area contributed by atoms with Crippen molar-refractivity contribution in [1.29, 1.82) is 4.78 Å². The highest BCUT2D eigenvalue weighted by atomic mass is 32.2. The van der Waals surface area contributed by atoms with Gasteiger partial charge in [0.15, 0.2) is 0 Å². The fraction of sp³-hybridized carbons (Fsp3) is 1.00. The Balaban J connectivity index is 2.46. The van der Waals surface area contributed by atoms with Crippen LogP contribution in [-0.2, 0) is 9.73 Å². The normalized spacial score (nSPS) is 26.0. The maximum absolute atomic E-state index is 11.6. The fourth-order valence-electron chi connectivity index (χ4n) is 1.13. The molecule has 0 aliphatic heterocycles. The first-order valence-corrected chi connectivity index (χ1v) is 6.10. The molecule has 1 fully saturated rings. The van der Waals surface area contributed by atoms with Crippen molar-refractivity contribution in [1.82, 2.24) is 0 Å². The van der Waals surface area contributed by atoms with Crippen LogP contribution >= 0.6 is 0 Å². The van der Waals surface area contributed by atoms with Gasteiger partial charge in [0, 0.05) is 20.7 Å². The van der Waals surface area contributed by atoms with Crippen LogP contribution in [0.15, 0.2) is 0 Å². The molecule has 11 heavy (non-hydrogen) atoms. The molecule has 0 aromatic heterocycles. The molecule has 0 aromatic rings. The molecule has 66 valence electrons. The summed E-state index contributed by atoms with van der Waals surface area (Å²) in [4.78, 5) is 0. The first-order chi connectivity index (χ1) is 5.06. The van der Waals surface area contributed by atoms with Gasteiger partial charge in [-0.15, -0.1) is 0 Å². The molecule has 2 nitrogen and oxygen atoms in total. The summed E-state index contributed by atoms with van der Waals surface area (Å²) in [7, 11) is -2.20. The van der Waals surface area contributed by atoms with E-state index < -0.39 is 9.73 Å². The second-order valence-corrected chi connectivity index (χ2v) is 6.06. The van der Waals surface area contributed by atoms with Gasteiger partial charge < -0.3 is 0 Å². The van der Waals surface area contributed by atoms with Crippen LogP contribution in [0.5, 0.6) is 0 Å². The minimum Gasteiger partial charge on any atom is -0.253 e. The summed E-state index contributed by atoms with van der Waals surface area (Å²) in [5.74, 6) is 1.08. The summed E-state index contributed by atoms with van der Waals surface area (Å²) >= 11 is 0. The highest BCUT2D eigenvalue weighted by Crippen LogP contribution is 2.30. The Morgan fingerprint density at radius 2 is 2.18 bits per heavy atom. The minimum atomic E-state index is -2.20. The van der Waals surface area contributed by atoms with Crippen molar-refractivity contribution >= 4 is 9.73 Å². The van der Waals surface area contributed by atoms with E-state index in [9.17, 15) is 4.21 Å². The van der Waals surface area contributed by atoms with Crippen molar-refractivity contribution < 1.29 is 4.21 Å². The van der Waals surface area contributed by atoms with Gasteiger partial charge in [-0.3, -0.25) is 4.78 Å². The van der Waals surface area contributed by atoms with Crippen LogP contribution in [-0.4, -0.2) is 15.2 Å². The van der Waals surface area contributed by atoms with Gasteiger partial charge in [0.1, 0.15) is 0 Å². The van der Waals surface area contributed by atoms with Crippen LogP contribution < -0.4 is 0 Å². The first-order valence-electron chi connectivity index (χ1n) is 4.31. The largest absolute Gasteiger partial charge is 0.253 e. The Hall–Kier alpha value is -0.0500. The van der Waals surface area contributed by atoms with Crippen molar-refractivity contribution in [3.8, 4) is 0 Å². The Bertz CT molecular complexity index is 216. The zero-order chi connectivity index (χ0) is 8.48. The van der Waals surface area contributed by atoms with Gasteiger partial charge in [-0.1, -0.05) is 20.3 Å². The minimum absolute atomic E-state index is 0.247. The van der Waals surface area contributed by atoms with E-state index in [-0.39, 0.29) is 5.25 Å². The lowest BCUT2D eigenvalue weighted by Crippen LogP contribution is -2.15. The SMILES string of the molecule is CC[C@H](C)C[S@](=N)(=O)C1CC1. The maximum atomic E-state index is 11.6. The lowest BCUT2D eigenvalue weighted by atomic mass is 10.2. The number of hydrogen-bond donors (Lipinski definition) is 1. The third kappa shape index (κ3) is 2.47. The Labute approximate surface area is 69.4 Å². The number of hydrogen-bond acceptors (Lipinski definition) is 2. The van der Waals surface area contributed by atoms with Crippen LogP contribution in [0.3, 0.4) is 0 Å². The highest BCUT2D eigenvalue weighted by molar-refractivity contribution is 7.93. The van der Waals surface area contributed by atoms with E-state index in [2.05, 4.69) is 13.8 Å². The van der Waals surface area contributed by atoms with Crippen molar-refractivity contribution in [3.05, 3.63) is 0 Å². The van der Waals surface area contributed by atoms with Gasteiger partial charge in [-0.05, 0) is 18.8 Å². The molecule has 0 amide bonds. The van der Waals surface area contributed by atoms with Crippen LogP contribution in [0.25, 0.3) is 0 Å². The molecule has 0 bridgehead atoms. The monoisotopic (exact) mass is 175 g/mol. The second-order valence-electron chi connectivity index (χ2n) is 3.61. The maximum Gasteiger partial charge on any atom is 0.0473 e. The quantitative estimate of drug-likeness (QED) is 0.699. The molecular weight excluding hydrogens is 158 g/mol. The van der Waals surface area contributed by atoms with Crippen molar-refractivity contribution in [2.45, 2.75) is 38.4 Å². The summed E-state index contributed by atoms with van der Waals surface area (Å²) in [6, 6.07) is 0. The fourth-order valence-corrected chi connectivity index (χ4v) is 3.38. The molecule has 3 heteroatoms. The third-order valence-electron chi connectivity index (χ3n) is 2.29. The zero-order valence-electron chi connectivity index (χ0n) is 7.30. The van der Waals surface area contributed by atoms with Crippen molar-refractivity contribution in [3.63, 3.8) is 0 Å². The van der Waals surface area contributed by atoms with Crippen molar-refractivity contribution in [2.24, 2.45) is 5.92 Å². The number of rotatable bonds is 4. The van der Waals surface area contributed by atoms with Gasteiger partial charge in [-0.25, -0.2) is 4.21 Å². The molecule has 1 aliphatic rings. The molecule has 0 spiro atoms. The summed E-state index contributed by atoms with van der Waals surface area (Å²) in [6.07, 6.45) is 3.10. The van der Waals surface area contributed by atoms with E-state index in [1.165, 1.54) is 0 Å². The van der Waals surface area contributed by atoms with E-state index >= 15 is 0 Å². The predicted octanol–water partition coefficient (Wildman–Crippen LogP) is 2.24. The topological polar surface area (TPSA) is 40.9 Å². The molecule has 1 saturated carbocycles. The van der Waals surface area contributed by atoms with Gasteiger partial charge in [-0.2, -0.15) is 0 Å². The van der Waals surface area contributed by atoms with Crippen molar-refractivity contribution in [2.75, 3.05) is 5.75 Å². The first kappa shape index (κ1) is 9.04. The summed E-state index contributed by atoms with van der Waals surface area (Å²) in [5.41, 5.74) is 0. The van der Waals surface area contributed by atoms with E-state index in [1.807, 2.05) is 0 Å². The summed E-state index contributed by atoms with van der Waals surface area (Å²) < 4.78 is 19.2. The molecule has 1 N–H and O–H groups in total. The highest BCUT2D eigenvalue weighted by Gasteiger charge is 2.32. The molecule has 0 aromatic carbocycles. The standard InChI is InChI=1S/C8H17NOS/c1-3-7(2)6-11(9,10)8-4-5-8/h7-9H,3-6H2,1-2H3/t7-,11-/m0/s1. The lowest BCUT2D eigenvalue weighted by molar-refractivity contribution is 0.609. The molecular formula is C8H17NOS. The van der Waals surface area contributed by atoms with Gasteiger partial charge in [0.25, 0.3) is 0 Å². The van der Waals surface area contributed by atoms with Crippen LogP contribution in [0.2, 0.25) is 0 Å². The van der Waals surface area contributed by atoms with Crippen LogP contribution in [0, 0.1) is 10.7 Å².